The molecule has 2 N–H and O–H groups in total. The van der Waals surface area contributed by atoms with Crippen LogP contribution in [0.3, 0.4) is 0 Å². The number of nitrogens with two attached hydrogens (primary N) is 1. The molecule has 0 aliphatic rings. The maximum absolute atomic E-state index is 5.87. The van der Waals surface area contributed by atoms with Crippen LogP contribution in [-0.4, -0.2) is 18.8 Å². The van der Waals surface area contributed by atoms with Crippen molar-refractivity contribution in [2.45, 2.75) is 45.8 Å². The molecule has 0 fully saturated rings. The quantitative estimate of drug-likeness (QED) is 0.634. The highest BCUT2D eigenvalue weighted by Gasteiger charge is 2.14. The summed E-state index contributed by atoms with van der Waals surface area (Å²) in [5.74, 6) is 5.80. The van der Waals surface area contributed by atoms with E-state index in [1.165, 1.54) is 0 Å². The summed E-state index contributed by atoms with van der Waals surface area (Å²) in [5.41, 5.74) is 5.87. The van der Waals surface area contributed by atoms with Crippen molar-refractivity contribution >= 4 is 0 Å². The molecule has 2 heteroatoms. The molecule has 0 aromatic rings. The molecule has 0 aromatic heterocycles. The smallest absolute Gasteiger partial charge is 0.0732 e. The zero-order chi connectivity index (χ0) is 9.40. The van der Waals surface area contributed by atoms with Crippen molar-refractivity contribution in [1.29, 1.82) is 0 Å². The van der Waals surface area contributed by atoms with Gasteiger partial charge in [-0.05, 0) is 20.3 Å². The third kappa shape index (κ3) is 4.38. The Morgan fingerprint density at radius 2 is 2.08 bits per heavy atom. The van der Waals surface area contributed by atoms with Gasteiger partial charge in [-0.15, -0.1) is 11.8 Å². The molecule has 0 aliphatic heterocycles. The van der Waals surface area contributed by atoms with Gasteiger partial charge in [0.1, 0.15) is 0 Å². The molecule has 0 radical (unpaired) electrons. The Bertz CT molecular complexity index is 157. The van der Waals surface area contributed by atoms with E-state index in [2.05, 4.69) is 18.8 Å². The topological polar surface area (TPSA) is 35.2 Å². The summed E-state index contributed by atoms with van der Waals surface area (Å²) in [5, 5.41) is 0. The van der Waals surface area contributed by atoms with Gasteiger partial charge in [-0.3, -0.25) is 0 Å². The SMILES string of the molecule is CC#CCC(N)C(CC)OCC. The normalized spacial score (nSPS) is 14.7. The molecule has 12 heavy (non-hydrogen) atoms. The van der Waals surface area contributed by atoms with Crippen LogP contribution >= 0.6 is 0 Å². The van der Waals surface area contributed by atoms with Gasteiger partial charge >= 0.3 is 0 Å². The predicted octanol–water partition coefficient (Wildman–Crippen LogP) is 1.54. The number of ether oxygens (including phenoxy) is 1. The first-order chi connectivity index (χ1) is 5.76. The van der Waals surface area contributed by atoms with E-state index in [9.17, 15) is 0 Å². The first kappa shape index (κ1) is 11.5. The summed E-state index contributed by atoms with van der Waals surface area (Å²) in [6.07, 6.45) is 1.85. The van der Waals surface area contributed by atoms with Crippen molar-refractivity contribution in [2.75, 3.05) is 6.61 Å². The molecule has 0 aliphatic carbocycles. The lowest BCUT2D eigenvalue weighted by atomic mass is 10.1. The molecule has 2 atom stereocenters. The highest BCUT2D eigenvalue weighted by molar-refractivity contribution is 4.98. The lowest BCUT2D eigenvalue weighted by Crippen LogP contribution is -2.36. The van der Waals surface area contributed by atoms with Crippen LogP contribution in [0.1, 0.15) is 33.6 Å². The second-order valence-corrected chi connectivity index (χ2v) is 2.70. The van der Waals surface area contributed by atoms with E-state index >= 15 is 0 Å². The van der Waals surface area contributed by atoms with Gasteiger partial charge in [0, 0.05) is 19.1 Å². The van der Waals surface area contributed by atoms with Crippen LogP contribution in [0.15, 0.2) is 0 Å². The molecular weight excluding hydrogens is 150 g/mol. The monoisotopic (exact) mass is 169 g/mol. The number of hydrogen-bond acceptors (Lipinski definition) is 2. The molecule has 0 heterocycles. The van der Waals surface area contributed by atoms with Gasteiger partial charge in [0.15, 0.2) is 0 Å². The highest BCUT2D eigenvalue weighted by atomic mass is 16.5. The van der Waals surface area contributed by atoms with E-state index < -0.39 is 0 Å². The maximum Gasteiger partial charge on any atom is 0.0732 e. The van der Waals surface area contributed by atoms with Crippen molar-refractivity contribution in [2.24, 2.45) is 5.73 Å². The standard InChI is InChI=1S/C10H19NO/c1-4-7-8-9(11)10(5-2)12-6-3/h9-10H,5-6,8,11H2,1-3H3. The molecule has 0 bridgehead atoms. The van der Waals surface area contributed by atoms with Gasteiger partial charge in [-0.2, -0.15) is 0 Å². The Balaban J connectivity index is 3.81. The van der Waals surface area contributed by atoms with Crippen LogP contribution in [0, 0.1) is 11.8 Å². The average Bonchev–Trinajstić information content (AvgIpc) is 2.10. The second-order valence-electron chi connectivity index (χ2n) is 2.70. The first-order valence-electron chi connectivity index (χ1n) is 4.53. The predicted molar refractivity (Wildman–Crippen MR) is 51.7 cm³/mol. The van der Waals surface area contributed by atoms with Crippen LogP contribution in [0.25, 0.3) is 0 Å². The van der Waals surface area contributed by atoms with E-state index in [-0.39, 0.29) is 12.1 Å². The van der Waals surface area contributed by atoms with Gasteiger partial charge in [-0.1, -0.05) is 6.92 Å². The third-order valence-electron chi connectivity index (χ3n) is 1.78. The molecular formula is C10H19NO. The Labute approximate surface area is 75.5 Å². The minimum atomic E-state index is 0.0578. The minimum Gasteiger partial charge on any atom is -0.377 e. The molecule has 70 valence electrons. The Hall–Kier alpha value is -0.520. The van der Waals surface area contributed by atoms with Crippen LogP contribution in [-0.2, 0) is 4.74 Å². The van der Waals surface area contributed by atoms with Crippen molar-refractivity contribution in [1.82, 2.24) is 0 Å². The van der Waals surface area contributed by atoms with Gasteiger partial charge in [0.05, 0.1) is 6.10 Å². The Morgan fingerprint density at radius 1 is 1.42 bits per heavy atom. The number of rotatable bonds is 5. The van der Waals surface area contributed by atoms with Crippen molar-refractivity contribution in [3.05, 3.63) is 0 Å². The summed E-state index contributed by atoms with van der Waals surface area (Å²) in [6.45, 7) is 6.63. The average molecular weight is 169 g/mol. The Morgan fingerprint density at radius 3 is 2.50 bits per heavy atom. The fraction of sp³-hybridized carbons (Fsp3) is 0.800. The minimum absolute atomic E-state index is 0.0578. The fourth-order valence-corrected chi connectivity index (χ4v) is 1.11. The third-order valence-corrected chi connectivity index (χ3v) is 1.78. The van der Waals surface area contributed by atoms with Gasteiger partial charge in [0.25, 0.3) is 0 Å². The van der Waals surface area contributed by atoms with Crippen molar-refractivity contribution in [3.8, 4) is 11.8 Å². The van der Waals surface area contributed by atoms with Gasteiger partial charge in [0.2, 0.25) is 0 Å². The van der Waals surface area contributed by atoms with E-state index in [4.69, 9.17) is 10.5 Å². The van der Waals surface area contributed by atoms with E-state index in [0.29, 0.717) is 0 Å². The maximum atomic E-state index is 5.87. The van der Waals surface area contributed by atoms with Crippen LogP contribution in [0.5, 0.6) is 0 Å². The van der Waals surface area contributed by atoms with Crippen molar-refractivity contribution < 1.29 is 4.74 Å². The van der Waals surface area contributed by atoms with Crippen molar-refractivity contribution in [3.63, 3.8) is 0 Å². The zero-order valence-corrected chi connectivity index (χ0v) is 8.26. The summed E-state index contributed by atoms with van der Waals surface area (Å²) >= 11 is 0. The van der Waals surface area contributed by atoms with Gasteiger partial charge < -0.3 is 10.5 Å². The summed E-state index contributed by atoms with van der Waals surface area (Å²) in [4.78, 5) is 0. The summed E-state index contributed by atoms with van der Waals surface area (Å²) in [7, 11) is 0. The van der Waals surface area contributed by atoms with E-state index in [1.54, 1.807) is 0 Å². The molecule has 0 rings (SSSR count). The molecule has 0 amide bonds. The Kier molecular flexibility index (Phi) is 6.84. The van der Waals surface area contributed by atoms with E-state index in [1.807, 2.05) is 13.8 Å². The summed E-state index contributed by atoms with van der Waals surface area (Å²) < 4.78 is 5.46. The van der Waals surface area contributed by atoms with Crippen LogP contribution in [0.4, 0.5) is 0 Å². The molecule has 0 spiro atoms. The summed E-state index contributed by atoms with van der Waals surface area (Å²) in [6, 6.07) is 0.0578. The molecule has 2 unspecified atom stereocenters. The molecule has 0 saturated heterocycles. The van der Waals surface area contributed by atoms with Gasteiger partial charge in [-0.25, -0.2) is 0 Å². The van der Waals surface area contributed by atoms with Crippen LogP contribution in [0.2, 0.25) is 0 Å². The molecule has 0 saturated carbocycles. The molecule has 0 aromatic carbocycles. The highest BCUT2D eigenvalue weighted by Crippen LogP contribution is 2.04. The molecule has 2 nitrogen and oxygen atoms in total. The second kappa shape index (κ2) is 7.15. The van der Waals surface area contributed by atoms with E-state index in [0.717, 1.165) is 19.4 Å². The first-order valence-corrected chi connectivity index (χ1v) is 4.53. The lowest BCUT2D eigenvalue weighted by molar-refractivity contribution is 0.0428. The lowest BCUT2D eigenvalue weighted by Gasteiger charge is -2.20. The zero-order valence-electron chi connectivity index (χ0n) is 8.26. The fourth-order valence-electron chi connectivity index (χ4n) is 1.11. The number of hydrogen-bond donors (Lipinski definition) is 1. The van der Waals surface area contributed by atoms with Crippen LogP contribution < -0.4 is 5.73 Å². The largest absolute Gasteiger partial charge is 0.377 e.